The molecular formula is C25H30N4O3. The van der Waals surface area contributed by atoms with Gasteiger partial charge in [0, 0.05) is 45.2 Å². The summed E-state index contributed by atoms with van der Waals surface area (Å²) < 4.78 is 5.79. The Morgan fingerprint density at radius 3 is 2.69 bits per heavy atom. The maximum Gasteiger partial charge on any atom is 0.258 e. The summed E-state index contributed by atoms with van der Waals surface area (Å²) >= 11 is 0. The van der Waals surface area contributed by atoms with Crippen LogP contribution in [-0.4, -0.2) is 67.3 Å². The molecule has 7 nitrogen and oxygen atoms in total. The molecule has 1 aliphatic rings. The molecule has 2 atom stereocenters. The van der Waals surface area contributed by atoms with E-state index in [1.54, 1.807) is 0 Å². The van der Waals surface area contributed by atoms with Gasteiger partial charge in [0.15, 0.2) is 6.61 Å². The number of fused-ring (bicyclic) bond motifs is 1. The van der Waals surface area contributed by atoms with Gasteiger partial charge in [0.2, 0.25) is 5.88 Å². The average molecular weight is 435 g/mol. The minimum atomic E-state index is -0.296. The topological polar surface area (TPSA) is 77.9 Å². The van der Waals surface area contributed by atoms with Gasteiger partial charge in [0.05, 0.1) is 23.3 Å². The van der Waals surface area contributed by atoms with Gasteiger partial charge in [-0.25, -0.2) is 4.98 Å². The molecule has 2 heterocycles. The predicted octanol–water partition coefficient (Wildman–Crippen LogP) is 2.60. The van der Waals surface area contributed by atoms with Crippen LogP contribution in [0.15, 0.2) is 60.7 Å². The van der Waals surface area contributed by atoms with Crippen molar-refractivity contribution in [3.8, 4) is 5.88 Å². The highest BCUT2D eigenvalue weighted by Crippen LogP contribution is 2.28. The van der Waals surface area contributed by atoms with Crippen molar-refractivity contribution < 1.29 is 14.6 Å². The number of aliphatic hydroxyl groups is 1. The number of aliphatic hydroxyl groups excluding tert-OH is 1. The van der Waals surface area contributed by atoms with Crippen molar-refractivity contribution in [1.82, 2.24) is 15.2 Å². The van der Waals surface area contributed by atoms with Crippen LogP contribution >= 0.6 is 0 Å². The van der Waals surface area contributed by atoms with E-state index in [0.717, 1.165) is 35.1 Å². The fourth-order valence-electron chi connectivity index (χ4n) is 4.11. The summed E-state index contributed by atoms with van der Waals surface area (Å²) in [6.45, 7) is 1.98. The van der Waals surface area contributed by atoms with Crippen LogP contribution in [0, 0.1) is 0 Å². The van der Waals surface area contributed by atoms with E-state index in [1.165, 1.54) is 0 Å². The van der Waals surface area contributed by atoms with Crippen LogP contribution < -0.4 is 15.0 Å². The van der Waals surface area contributed by atoms with Crippen LogP contribution in [0.25, 0.3) is 10.9 Å². The van der Waals surface area contributed by atoms with Gasteiger partial charge in [-0.05, 0) is 18.1 Å². The zero-order valence-corrected chi connectivity index (χ0v) is 18.6. The number of anilines is 1. The highest BCUT2D eigenvalue weighted by Gasteiger charge is 2.25. The first-order valence-electron chi connectivity index (χ1n) is 10.9. The van der Waals surface area contributed by atoms with Crippen LogP contribution in [0.2, 0.25) is 0 Å². The lowest BCUT2D eigenvalue weighted by Crippen LogP contribution is -2.39. The number of carbonyl (C=O) groups excluding carboxylic acids is 1. The number of carbonyl (C=O) groups is 1. The third kappa shape index (κ3) is 5.36. The van der Waals surface area contributed by atoms with Crippen LogP contribution in [0.4, 0.5) is 5.69 Å². The minimum absolute atomic E-state index is 0.121. The van der Waals surface area contributed by atoms with Crippen LogP contribution in [0.1, 0.15) is 18.0 Å². The summed E-state index contributed by atoms with van der Waals surface area (Å²) in [7, 11) is 3.94. The molecular weight excluding hydrogens is 404 g/mol. The second kappa shape index (κ2) is 9.97. The number of amides is 1. The van der Waals surface area contributed by atoms with Crippen LogP contribution in [0.5, 0.6) is 5.88 Å². The zero-order chi connectivity index (χ0) is 22.5. The molecule has 1 saturated heterocycles. The fourth-order valence-corrected chi connectivity index (χ4v) is 4.11. The Bertz CT molecular complexity index is 1060. The normalized spacial score (nSPS) is 17.3. The molecule has 1 amide bonds. The molecule has 2 N–H and O–H groups in total. The van der Waals surface area contributed by atoms with Crippen LogP contribution in [-0.2, 0) is 4.79 Å². The first-order valence-corrected chi connectivity index (χ1v) is 10.9. The SMILES string of the molecule is CN(C)c1cc(OCC(=O)N[C@H](CN2CC[C@H](O)C2)c2ccccc2)nc2ccccc12. The lowest BCUT2D eigenvalue weighted by atomic mass is 10.1. The average Bonchev–Trinajstić information content (AvgIpc) is 3.21. The number of pyridine rings is 1. The molecule has 2 aromatic carbocycles. The lowest BCUT2D eigenvalue weighted by Gasteiger charge is -2.25. The Hall–Kier alpha value is -3.16. The van der Waals surface area contributed by atoms with Crippen molar-refractivity contribution in [2.75, 3.05) is 45.2 Å². The number of nitrogens with zero attached hydrogens (tertiary/aromatic N) is 3. The Morgan fingerprint density at radius 2 is 1.97 bits per heavy atom. The smallest absolute Gasteiger partial charge is 0.258 e. The van der Waals surface area contributed by atoms with Gasteiger partial charge in [-0.3, -0.25) is 9.69 Å². The standard InChI is InChI=1S/C25H30N4O3/c1-28(2)23-14-25(27-21-11-7-6-10-20(21)23)32-17-24(31)26-22(18-8-4-3-5-9-18)16-29-13-12-19(30)15-29/h3-11,14,19,22,30H,12-13,15-17H2,1-2H3,(H,26,31)/t19-,22+/m0/s1. The summed E-state index contributed by atoms with van der Waals surface area (Å²) in [5.41, 5.74) is 2.84. The van der Waals surface area contributed by atoms with Gasteiger partial charge in [-0.2, -0.15) is 0 Å². The van der Waals surface area contributed by atoms with Crippen molar-refractivity contribution in [3.05, 3.63) is 66.2 Å². The van der Waals surface area contributed by atoms with Gasteiger partial charge in [-0.15, -0.1) is 0 Å². The third-order valence-corrected chi connectivity index (χ3v) is 5.73. The summed E-state index contributed by atoms with van der Waals surface area (Å²) in [6.07, 6.45) is 0.468. The quantitative estimate of drug-likeness (QED) is 0.568. The van der Waals surface area contributed by atoms with Gasteiger partial charge in [0.25, 0.3) is 5.91 Å². The van der Waals surface area contributed by atoms with E-state index in [2.05, 4.69) is 15.2 Å². The third-order valence-electron chi connectivity index (χ3n) is 5.73. The predicted molar refractivity (Wildman–Crippen MR) is 126 cm³/mol. The number of para-hydroxylation sites is 1. The van der Waals surface area contributed by atoms with Crippen molar-refractivity contribution in [3.63, 3.8) is 0 Å². The summed E-state index contributed by atoms with van der Waals surface area (Å²) in [5.74, 6) is 0.210. The molecule has 4 rings (SSSR count). The number of aromatic nitrogens is 1. The minimum Gasteiger partial charge on any atom is -0.467 e. The van der Waals surface area contributed by atoms with E-state index in [-0.39, 0.29) is 24.7 Å². The summed E-state index contributed by atoms with van der Waals surface area (Å²) in [6, 6.07) is 19.4. The van der Waals surface area contributed by atoms with E-state index in [0.29, 0.717) is 19.0 Å². The van der Waals surface area contributed by atoms with Gasteiger partial charge in [-0.1, -0.05) is 48.5 Å². The van der Waals surface area contributed by atoms with Crippen LogP contribution in [0.3, 0.4) is 0 Å². The molecule has 7 heteroatoms. The highest BCUT2D eigenvalue weighted by molar-refractivity contribution is 5.92. The van der Waals surface area contributed by atoms with E-state index < -0.39 is 0 Å². The molecule has 3 aromatic rings. The van der Waals surface area contributed by atoms with Crippen molar-refractivity contribution in [1.29, 1.82) is 0 Å². The first-order chi connectivity index (χ1) is 15.5. The Kier molecular flexibility index (Phi) is 6.87. The second-order valence-electron chi connectivity index (χ2n) is 8.41. The largest absolute Gasteiger partial charge is 0.467 e. The number of ether oxygens (including phenoxy) is 1. The Labute approximate surface area is 188 Å². The summed E-state index contributed by atoms with van der Waals surface area (Å²) in [5, 5.41) is 14.0. The van der Waals surface area contributed by atoms with Crippen molar-refractivity contribution in [2.24, 2.45) is 0 Å². The van der Waals surface area contributed by atoms with E-state index in [1.807, 2.05) is 79.7 Å². The molecule has 1 fully saturated rings. The highest BCUT2D eigenvalue weighted by atomic mass is 16.5. The molecule has 0 spiro atoms. The molecule has 0 bridgehead atoms. The maximum atomic E-state index is 12.8. The number of hydrogen-bond donors (Lipinski definition) is 2. The van der Waals surface area contributed by atoms with Crippen molar-refractivity contribution >= 4 is 22.5 Å². The van der Waals surface area contributed by atoms with E-state index >= 15 is 0 Å². The number of rotatable bonds is 8. The summed E-state index contributed by atoms with van der Waals surface area (Å²) in [4.78, 5) is 21.5. The fraction of sp³-hybridized carbons (Fsp3) is 0.360. The van der Waals surface area contributed by atoms with Gasteiger partial charge >= 0.3 is 0 Å². The van der Waals surface area contributed by atoms with Gasteiger partial charge in [0.1, 0.15) is 0 Å². The van der Waals surface area contributed by atoms with Crippen molar-refractivity contribution in [2.45, 2.75) is 18.6 Å². The molecule has 0 aliphatic carbocycles. The Balaban J connectivity index is 1.44. The monoisotopic (exact) mass is 434 g/mol. The van der Waals surface area contributed by atoms with E-state index in [9.17, 15) is 9.90 Å². The zero-order valence-electron chi connectivity index (χ0n) is 18.6. The Morgan fingerprint density at radius 1 is 1.22 bits per heavy atom. The number of nitrogens with one attached hydrogen (secondary N) is 1. The van der Waals surface area contributed by atoms with E-state index in [4.69, 9.17) is 4.74 Å². The lowest BCUT2D eigenvalue weighted by molar-refractivity contribution is -0.124. The maximum absolute atomic E-state index is 12.8. The molecule has 168 valence electrons. The van der Waals surface area contributed by atoms with Gasteiger partial charge < -0.3 is 20.1 Å². The molecule has 1 aromatic heterocycles. The first kappa shape index (κ1) is 22.0. The molecule has 0 radical (unpaired) electrons. The molecule has 32 heavy (non-hydrogen) atoms. The molecule has 1 aliphatic heterocycles. The second-order valence-corrected chi connectivity index (χ2v) is 8.41. The number of β-amino-alcohol motifs (C(OH)–C–C–N with tert-alkyl or cyclic N) is 1. The number of likely N-dealkylation sites (tertiary alicyclic amines) is 1. The number of hydrogen-bond acceptors (Lipinski definition) is 6. The molecule has 0 unspecified atom stereocenters. The molecule has 0 saturated carbocycles. The number of benzene rings is 2.